The maximum atomic E-state index is 13.2. The average molecular weight is 546 g/mol. The van der Waals surface area contributed by atoms with Gasteiger partial charge in [-0.25, -0.2) is 0 Å². The molecular weight excluding hydrogens is 524 g/mol. The van der Waals surface area contributed by atoms with Crippen molar-refractivity contribution in [2.45, 2.75) is 29.4 Å². The van der Waals surface area contributed by atoms with Crippen LogP contribution in [-0.4, -0.2) is 27.4 Å². The number of hydrogen-bond acceptors (Lipinski definition) is 3. The molecule has 5 nitrogen and oxygen atoms in total. The predicted octanol–water partition coefficient (Wildman–Crippen LogP) is 4.78. The van der Waals surface area contributed by atoms with Gasteiger partial charge >= 0.3 is 0 Å². The summed E-state index contributed by atoms with van der Waals surface area (Å²) in [5.74, 6) is -0.561. The van der Waals surface area contributed by atoms with Gasteiger partial charge in [0.25, 0.3) is 5.91 Å². The van der Waals surface area contributed by atoms with Crippen LogP contribution >= 0.6 is 31.9 Å². The summed E-state index contributed by atoms with van der Waals surface area (Å²) in [6.45, 7) is 2.04. The highest BCUT2D eigenvalue weighted by atomic mass is 79.9. The van der Waals surface area contributed by atoms with Crippen LogP contribution in [0.3, 0.4) is 0 Å². The summed E-state index contributed by atoms with van der Waals surface area (Å²) in [6, 6.07) is 14.4. The molecule has 3 aliphatic rings. The van der Waals surface area contributed by atoms with E-state index >= 15 is 0 Å². The Bertz CT molecular complexity index is 1040. The number of aryl methyl sites for hydroxylation is 1. The van der Waals surface area contributed by atoms with Crippen molar-refractivity contribution >= 4 is 61.0 Å². The van der Waals surface area contributed by atoms with Crippen molar-refractivity contribution in [3.63, 3.8) is 0 Å². The second-order valence-electron chi connectivity index (χ2n) is 8.53. The van der Waals surface area contributed by atoms with E-state index in [-0.39, 0.29) is 51.0 Å². The first-order valence-electron chi connectivity index (χ1n) is 10.6. The van der Waals surface area contributed by atoms with Crippen LogP contribution in [0.5, 0.6) is 0 Å². The fraction of sp³-hybridized carbons (Fsp3) is 0.375. The zero-order valence-electron chi connectivity index (χ0n) is 16.9. The van der Waals surface area contributed by atoms with E-state index in [4.69, 9.17) is 0 Å². The van der Waals surface area contributed by atoms with Gasteiger partial charge in [-0.15, -0.1) is 0 Å². The third-order valence-electron chi connectivity index (χ3n) is 7.02. The SMILES string of the molecule is CCc1ccccc1NC(=O)c1ccc(N2C(=O)[C@@H]3[C@H]4C[C@@H]([C@H](Br)[C@H]4Br)[C@H]3C2=O)cc1. The largest absolute Gasteiger partial charge is 0.322 e. The van der Waals surface area contributed by atoms with Gasteiger partial charge in [0.15, 0.2) is 0 Å². The first kappa shape index (κ1) is 20.9. The Morgan fingerprint density at radius 2 is 1.55 bits per heavy atom. The van der Waals surface area contributed by atoms with E-state index in [2.05, 4.69) is 37.2 Å². The number of hydrogen-bond donors (Lipinski definition) is 1. The van der Waals surface area contributed by atoms with E-state index in [1.54, 1.807) is 24.3 Å². The first-order chi connectivity index (χ1) is 14.9. The van der Waals surface area contributed by atoms with Gasteiger partial charge in [-0.05, 0) is 60.6 Å². The molecule has 6 atom stereocenters. The third kappa shape index (κ3) is 3.20. The minimum atomic E-state index is -0.246. The number of carbonyl (C=O) groups is 3. The Kier molecular flexibility index (Phi) is 5.29. The van der Waals surface area contributed by atoms with Crippen molar-refractivity contribution < 1.29 is 14.4 Å². The molecule has 1 aliphatic heterocycles. The van der Waals surface area contributed by atoms with Crippen molar-refractivity contribution in [3.8, 4) is 0 Å². The maximum Gasteiger partial charge on any atom is 0.255 e. The molecule has 2 aliphatic carbocycles. The van der Waals surface area contributed by atoms with Crippen molar-refractivity contribution in [1.82, 2.24) is 0 Å². The fourth-order valence-electron chi connectivity index (χ4n) is 5.51. The van der Waals surface area contributed by atoms with Crippen LogP contribution in [-0.2, 0) is 16.0 Å². The molecule has 1 heterocycles. The Balaban J connectivity index is 1.35. The average Bonchev–Trinajstić information content (AvgIpc) is 3.39. The molecule has 2 aromatic carbocycles. The molecule has 0 radical (unpaired) electrons. The number of rotatable bonds is 4. The molecule has 5 rings (SSSR count). The monoisotopic (exact) mass is 544 g/mol. The molecule has 160 valence electrons. The van der Waals surface area contributed by atoms with Crippen LogP contribution in [0.1, 0.15) is 29.3 Å². The van der Waals surface area contributed by atoms with Gasteiger partial charge < -0.3 is 5.32 Å². The minimum absolute atomic E-state index is 0.111. The Morgan fingerprint density at radius 1 is 0.968 bits per heavy atom. The normalized spacial score (nSPS) is 31.3. The summed E-state index contributed by atoms with van der Waals surface area (Å²) < 4.78 is 0. The summed E-state index contributed by atoms with van der Waals surface area (Å²) in [6.07, 6.45) is 1.73. The summed E-state index contributed by atoms with van der Waals surface area (Å²) in [5.41, 5.74) is 2.87. The number of halogens is 2. The maximum absolute atomic E-state index is 13.2. The lowest BCUT2D eigenvalue weighted by Crippen LogP contribution is -2.37. The number of nitrogens with one attached hydrogen (secondary N) is 1. The van der Waals surface area contributed by atoms with Gasteiger partial charge in [0.05, 0.1) is 17.5 Å². The molecule has 3 amide bonds. The lowest BCUT2D eigenvalue weighted by atomic mass is 9.81. The minimum Gasteiger partial charge on any atom is -0.322 e. The lowest BCUT2D eigenvalue weighted by molar-refractivity contribution is -0.123. The molecule has 7 heteroatoms. The van der Waals surface area contributed by atoms with Crippen LogP contribution in [0, 0.1) is 23.7 Å². The Hall–Kier alpha value is -1.99. The second kappa shape index (κ2) is 7.85. The van der Waals surface area contributed by atoms with E-state index in [1.807, 2.05) is 31.2 Å². The van der Waals surface area contributed by atoms with Crippen LogP contribution in [0.15, 0.2) is 48.5 Å². The molecule has 1 saturated heterocycles. The van der Waals surface area contributed by atoms with Gasteiger partial charge in [-0.3, -0.25) is 19.3 Å². The standard InChI is InChI=1S/C24H22Br2N2O3/c1-2-12-5-3-4-6-17(12)27-22(29)13-7-9-14(10-8-13)28-23(30)18-15-11-16(19(18)24(28)31)21(26)20(15)25/h3-10,15-16,18-21H,2,11H2,1H3,(H,27,29)/t15-,16-,18-,19-,20+,21+/m1/s1. The highest BCUT2D eigenvalue weighted by Crippen LogP contribution is 2.60. The molecule has 2 bridgehead atoms. The molecule has 0 unspecified atom stereocenters. The number of anilines is 2. The van der Waals surface area contributed by atoms with Crippen molar-refractivity contribution in [1.29, 1.82) is 0 Å². The van der Waals surface area contributed by atoms with Gasteiger partial charge in [0.2, 0.25) is 11.8 Å². The molecule has 0 aromatic heterocycles. The number of fused-ring (bicyclic) bond motifs is 5. The highest BCUT2D eigenvalue weighted by molar-refractivity contribution is 9.12. The first-order valence-corrected chi connectivity index (χ1v) is 12.4. The van der Waals surface area contributed by atoms with Crippen molar-refractivity contribution in [3.05, 3.63) is 59.7 Å². The highest BCUT2D eigenvalue weighted by Gasteiger charge is 2.66. The van der Waals surface area contributed by atoms with Crippen LogP contribution in [0.25, 0.3) is 0 Å². The smallest absolute Gasteiger partial charge is 0.255 e. The summed E-state index contributed by atoms with van der Waals surface area (Å²) in [4.78, 5) is 40.8. The summed E-state index contributed by atoms with van der Waals surface area (Å²) in [5, 5.41) is 2.95. The Morgan fingerprint density at radius 3 is 2.13 bits per heavy atom. The van der Waals surface area contributed by atoms with E-state index in [0.717, 1.165) is 24.1 Å². The van der Waals surface area contributed by atoms with E-state index in [1.165, 1.54) is 4.90 Å². The van der Waals surface area contributed by atoms with E-state index < -0.39 is 0 Å². The zero-order valence-corrected chi connectivity index (χ0v) is 20.1. The molecule has 2 aromatic rings. The summed E-state index contributed by atoms with van der Waals surface area (Å²) in [7, 11) is 0. The van der Waals surface area contributed by atoms with Gasteiger partial charge in [0, 0.05) is 20.9 Å². The number of imide groups is 1. The molecule has 2 saturated carbocycles. The quantitative estimate of drug-likeness (QED) is 0.444. The van der Waals surface area contributed by atoms with Crippen molar-refractivity contribution in [2.75, 3.05) is 10.2 Å². The van der Waals surface area contributed by atoms with Crippen LogP contribution in [0.2, 0.25) is 0 Å². The molecule has 1 N–H and O–H groups in total. The van der Waals surface area contributed by atoms with Gasteiger partial charge in [-0.2, -0.15) is 0 Å². The predicted molar refractivity (Wildman–Crippen MR) is 127 cm³/mol. The molecule has 0 spiro atoms. The number of nitrogens with zero attached hydrogens (tertiary/aromatic N) is 1. The van der Waals surface area contributed by atoms with E-state index in [0.29, 0.717) is 11.3 Å². The zero-order chi connectivity index (χ0) is 21.9. The number of benzene rings is 2. The topological polar surface area (TPSA) is 66.5 Å². The summed E-state index contributed by atoms with van der Waals surface area (Å²) >= 11 is 7.42. The number of carbonyl (C=O) groups excluding carboxylic acids is 3. The van der Waals surface area contributed by atoms with Crippen LogP contribution < -0.4 is 10.2 Å². The third-order valence-corrected chi connectivity index (χ3v) is 10.2. The van der Waals surface area contributed by atoms with E-state index in [9.17, 15) is 14.4 Å². The second-order valence-corrected chi connectivity index (χ2v) is 10.6. The number of alkyl halides is 2. The fourth-order valence-corrected chi connectivity index (χ4v) is 7.38. The Labute approximate surface area is 197 Å². The molecule has 3 fully saturated rings. The van der Waals surface area contributed by atoms with Gasteiger partial charge in [0.1, 0.15) is 0 Å². The van der Waals surface area contributed by atoms with Gasteiger partial charge in [-0.1, -0.05) is 57.0 Å². The lowest BCUT2D eigenvalue weighted by Gasteiger charge is -2.28. The van der Waals surface area contributed by atoms with Crippen molar-refractivity contribution in [2.24, 2.45) is 23.7 Å². The molecule has 31 heavy (non-hydrogen) atoms. The van der Waals surface area contributed by atoms with Crippen LogP contribution in [0.4, 0.5) is 11.4 Å². The molecular formula is C24H22Br2N2O3. The number of amides is 3. The number of para-hydroxylation sites is 1.